The van der Waals surface area contributed by atoms with Crippen molar-refractivity contribution in [2.45, 2.75) is 31.8 Å². The molecule has 3 N–H and O–H groups in total. The molecule has 2 unspecified atom stereocenters. The third-order valence-electron chi connectivity index (χ3n) is 2.82. The molecule has 0 aromatic rings. The molecule has 0 fully saturated rings. The predicted molar refractivity (Wildman–Crippen MR) is 84.9 cm³/mol. The van der Waals surface area contributed by atoms with Crippen LogP contribution in [0.1, 0.15) is 19.8 Å². The van der Waals surface area contributed by atoms with Gasteiger partial charge in [-0.3, -0.25) is 4.79 Å². The number of methoxy groups -OCH3 is 1. The number of hydrogen-bond donors (Lipinski definition) is 3. The second kappa shape index (κ2) is 11.2. The zero-order valence-electron chi connectivity index (χ0n) is 12.8. The molecule has 0 aromatic heterocycles. The van der Waals surface area contributed by atoms with E-state index in [2.05, 4.69) is 10.0 Å². The van der Waals surface area contributed by atoms with E-state index in [9.17, 15) is 13.2 Å². The SMILES string of the molecule is CCS(=O)(=O)NC(CCSC)C(=O)NC(CCO)COC. The fourth-order valence-electron chi connectivity index (χ4n) is 1.64. The first kappa shape index (κ1) is 20.6. The normalized spacial score (nSPS) is 14.7. The minimum absolute atomic E-state index is 0.0752. The van der Waals surface area contributed by atoms with Crippen LogP contribution in [-0.4, -0.2) is 69.6 Å². The van der Waals surface area contributed by atoms with E-state index in [1.165, 1.54) is 14.0 Å². The van der Waals surface area contributed by atoms with E-state index in [1.54, 1.807) is 11.8 Å². The Hall–Kier alpha value is -0.350. The van der Waals surface area contributed by atoms with E-state index in [0.717, 1.165) is 0 Å². The Morgan fingerprint density at radius 1 is 1.38 bits per heavy atom. The van der Waals surface area contributed by atoms with Gasteiger partial charge in [-0.2, -0.15) is 11.8 Å². The Morgan fingerprint density at radius 2 is 2.05 bits per heavy atom. The van der Waals surface area contributed by atoms with Gasteiger partial charge in [-0.15, -0.1) is 0 Å². The molecule has 0 saturated heterocycles. The van der Waals surface area contributed by atoms with Crippen molar-refractivity contribution < 1.29 is 23.1 Å². The lowest BCUT2D eigenvalue weighted by atomic mass is 10.2. The molecule has 0 spiro atoms. The van der Waals surface area contributed by atoms with E-state index >= 15 is 0 Å². The van der Waals surface area contributed by atoms with Gasteiger partial charge in [0.25, 0.3) is 0 Å². The van der Waals surface area contributed by atoms with Gasteiger partial charge in [-0.25, -0.2) is 13.1 Å². The molecule has 126 valence electrons. The molecule has 0 rings (SSSR count). The second-order valence-corrected chi connectivity index (χ2v) is 7.56. The first-order chi connectivity index (χ1) is 9.90. The number of carbonyl (C=O) groups excluding carboxylic acids is 1. The molecular weight excluding hydrogens is 316 g/mol. The van der Waals surface area contributed by atoms with Crippen molar-refractivity contribution >= 4 is 27.7 Å². The zero-order valence-corrected chi connectivity index (χ0v) is 14.4. The van der Waals surface area contributed by atoms with E-state index in [1.807, 2.05) is 6.26 Å². The van der Waals surface area contributed by atoms with Crippen molar-refractivity contribution in [3.63, 3.8) is 0 Å². The largest absolute Gasteiger partial charge is 0.396 e. The fourth-order valence-corrected chi connectivity index (χ4v) is 2.93. The highest BCUT2D eigenvalue weighted by atomic mass is 32.2. The van der Waals surface area contributed by atoms with Gasteiger partial charge in [0.1, 0.15) is 6.04 Å². The summed E-state index contributed by atoms with van der Waals surface area (Å²) in [5.41, 5.74) is 0. The van der Waals surface area contributed by atoms with E-state index in [-0.39, 0.29) is 25.0 Å². The highest BCUT2D eigenvalue weighted by Gasteiger charge is 2.25. The molecule has 9 heteroatoms. The predicted octanol–water partition coefficient (Wildman–Crippen LogP) is -0.439. The van der Waals surface area contributed by atoms with Gasteiger partial charge in [0.05, 0.1) is 18.4 Å². The maximum Gasteiger partial charge on any atom is 0.238 e. The topological polar surface area (TPSA) is 105 Å². The first-order valence-corrected chi connectivity index (χ1v) is 9.83. The van der Waals surface area contributed by atoms with Crippen LogP contribution >= 0.6 is 11.8 Å². The molecule has 2 atom stereocenters. The summed E-state index contributed by atoms with van der Waals surface area (Å²) in [6.45, 7) is 1.71. The molecule has 0 aliphatic carbocycles. The van der Waals surface area contributed by atoms with Crippen molar-refractivity contribution in [1.82, 2.24) is 10.0 Å². The van der Waals surface area contributed by atoms with Gasteiger partial charge in [-0.1, -0.05) is 0 Å². The van der Waals surface area contributed by atoms with Gasteiger partial charge < -0.3 is 15.2 Å². The maximum atomic E-state index is 12.2. The number of thioether (sulfide) groups is 1. The van der Waals surface area contributed by atoms with Gasteiger partial charge in [0.15, 0.2) is 0 Å². The molecular formula is C12H26N2O5S2. The standard InChI is InChI=1S/C12H26N2O5S2/c1-4-21(17,18)14-11(6-8-20-3)12(16)13-10(5-7-15)9-19-2/h10-11,14-15H,4-9H2,1-3H3,(H,13,16). The molecule has 0 aliphatic heterocycles. The van der Waals surface area contributed by atoms with Gasteiger partial charge in [-0.05, 0) is 31.8 Å². The third kappa shape index (κ3) is 9.30. The molecule has 0 saturated carbocycles. The van der Waals surface area contributed by atoms with Crippen molar-refractivity contribution in [2.24, 2.45) is 0 Å². The minimum atomic E-state index is -3.46. The molecule has 0 radical (unpaired) electrons. The lowest BCUT2D eigenvalue weighted by Crippen LogP contribution is -2.51. The minimum Gasteiger partial charge on any atom is -0.396 e. The summed E-state index contributed by atoms with van der Waals surface area (Å²) in [5, 5.41) is 11.7. The summed E-state index contributed by atoms with van der Waals surface area (Å²) in [7, 11) is -1.95. The Bertz CT molecular complexity index is 383. The molecule has 0 aliphatic rings. The second-order valence-electron chi connectivity index (χ2n) is 4.53. The summed E-state index contributed by atoms with van der Waals surface area (Å²) in [6.07, 6.45) is 2.66. The molecule has 21 heavy (non-hydrogen) atoms. The average molecular weight is 342 g/mol. The number of rotatable bonds is 12. The molecule has 7 nitrogen and oxygen atoms in total. The van der Waals surface area contributed by atoms with Crippen molar-refractivity contribution in [1.29, 1.82) is 0 Å². The highest BCUT2D eigenvalue weighted by Crippen LogP contribution is 2.04. The van der Waals surface area contributed by atoms with Crippen LogP contribution in [0.5, 0.6) is 0 Å². The lowest BCUT2D eigenvalue weighted by Gasteiger charge is -2.22. The molecule has 0 heterocycles. The Balaban J connectivity index is 4.76. The summed E-state index contributed by atoms with van der Waals surface area (Å²) in [4.78, 5) is 12.2. The highest BCUT2D eigenvalue weighted by molar-refractivity contribution is 7.98. The van der Waals surface area contributed by atoms with Gasteiger partial charge >= 0.3 is 0 Å². The lowest BCUT2D eigenvalue weighted by molar-refractivity contribution is -0.124. The molecule has 1 amide bonds. The van der Waals surface area contributed by atoms with Crippen LogP contribution in [0.4, 0.5) is 0 Å². The third-order valence-corrected chi connectivity index (χ3v) is 4.87. The summed E-state index contributed by atoms with van der Waals surface area (Å²) in [6, 6.07) is -1.14. The quantitative estimate of drug-likeness (QED) is 0.444. The van der Waals surface area contributed by atoms with Crippen molar-refractivity contribution in [3.8, 4) is 0 Å². The van der Waals surface area contributed by atoms with E-state index in [0.29, 0.717) is 18.6 Å². The average Bonchev–Trinajstić information content (AvgIpc) is 2.43. The van der Waals surface area contributed by atoms with Crippen LogP contribution in [-0.2, 0) is 19.6 Å². The summed E-state index contributed by atoms with van der Waals surface area (Å²) >= 11 is 1.54. The van der Waals surface area contributed by atoms with Crippen molar-refractivity contribution in [3.05, 3.63) is 0 Å². The van der Waals surface area contributed by atoms with Gasteiger partial charge in [0.2, 0.25) is 15.9 Å². The number of amides is 1. The Labute approximate surface area is 131 Å². The van der Waals surface area contributed by atoms with E-state index in [4.69, 9.17) is 9.84 Å². The Morgan fingerprint density at radius 3 is 2.52 bits per heavy atom. The summed E-state index contributed by atoms with van der Waals surface area (Å²) in [5.74, 6) is 0.199. The smallest absolute Gasteiger partial charge is 0.238 e. The molecule has 0 bridgehead atoms. The van der Waals surface area contributed by atoms with Gasteiger partial charge in [0, 0.05) is 13.7 Å². The number of carbonyl (C=O) groups is 1. The number of aliphatic hydroxyl groups is 1. The number of nitrogens with one attached hydrogen (secondary N) is 2. The number of aliphatic hydroxyl groups excluding tert-OH is 1. The summed E-state index contributed by atoms with van der Waals surface area (Å²) < 4.78 is 30.7. The zero-order chi connectivity index (χ0) is 16.3. The monoisotopic (exact) mass is 342 g/mol. The van der Waals surface area contributed by atoms with Crippen LogP contribution in [0, 0.1) is 0 Å². The van der Waals surface area contributed by atoms with Crippen LogP contribution in [0.2, 0.25) is 0 Å². The van der Waals surface area contributed by atoms with Crippen LogP contribution in [0.3, 0.4) is 0 Å². The number of sulfonamides is 1. The first-order valence-electron chi connectivity index (χ1n) is 6.79. The van der Waals surface area contributed by atoms with Crippen molar-refractivity contribution in [2.75, 3.05) is 38.1 Å². The van der Waals surface area contributed by atoms with Crippen LogP contribution in [0.25, 0.3) is 0 Å². The molecule has 0 aromatic carbocycles. The van der Waals surface area contributed by atoms with Crippen LogP contribution in [0.15, 0.2) is 0 Å². The van der Waals surface area contributed by atoms with Crippen LogP contribution < -0.4 is 10.0 Å². The number of ether oxygens (including phenoxy) is 1. The number of hydrogen-bond acceptors (Lipinski definition) is 6. The maximum absolute atomic E-state index is 12.2. The fraction of sp³-hybridized carbons (Fsp3) is 0.917. The Kier molecular flexibility index (Phi) is 11.1. The van der Waals surface area contributed by atoms with E-state index < -0.39 is 22.0 Å².